The zero-order chi connectivity index (χ0) is 15.7. The van der Waals surface area contributed by atoms with E-state index in [1.165, 1.54) is 32.6 Å². The normalized spacial score (nSPS) is 10.7. The maximum atomic E-state index is 11.8. The van der Waals surface area contributed by atoms with E-state index in [-0.39, 0.29) is 6.03 Å². The Morgan fingerprint density at radius 3 is 2.57 bits per heavy atom. The molecule has 118 valence electrons. The number of methoxy groups -OCH3 is 2. The Hall–Kier alpha value is -1.59. The van der Waals surface area contributed by atoms with Crippen molar-refractivity contribution in [3.05, 3.63) is 29.3 Å². The number of anilines is 1. The van der Waals surface area contributed by atoms with E-state index in [9.17, 15) is 4.79 Å². The van der Waals surface area contributed by atoms with Crippen LogP contribution >= 0.6 is 0 Å². The molecule has 0 heterocycles. The van der Waals surface area contributed by atoms with Gasteiger partial charge in [0.05, 0.1) is 6.54 Å². The fraction of sp³-hybridized carbons (Fsp3) is 0.562. The number of carbonyl (C=O) groups excluding carboxylic acids is 1. The minimum Gasteiger partial charge on any atom is -0.354 e. The van der Waals surface area contributed by atoms with Crippen molar-refractivity contribution >= 4 is 11.7 Å². The quantitative estimate of drug-likeness (QED) is 0.724. The fourth-order valence-corrected chi connectivity index (χ4v) is 2.01. The Balaban J connectivity index is 2.52. The molecule has 0 saturated heterocycles. The summed E-state index contributed by atoms with van der Waals surface area (Å²) >= 11 is 0. The summed E-state index contributed by atoms with van der Waals surface area (Å²) in [6.45, 7) is 4.48. The van der Waals surface area contributed by atoms with E-state index >= 15 is 0 Å². The summed E-state index contributed by atoms with van der Waals surface area (Å²) in [6.07, 6.45) is 3.00. The molecule has 0 radical (unpaired) electrons. The summed E-state index contributed by atoms with van der Waals surface area (Å²) in [5, 5.41) is 5.55. The van der Waals surface area contributed by atoms with Crippen LogP contribution in [0.2, 0.25) is 0 Å². The standard InChI is InChI=1S/C16H26N2O3/c1-5-6-7-13-8-9-14(12(2)10-13)18-16(19)17-11-15(20-3)21-4/h8-10,15H,5-7,11H2,1-4H3,(H2,17,18,19). The Labute approximate surface area is 127 Å². The maximum absolute atomic E-state index is 11.8. The van der Waals surface area contributed by atoms with Crippen LogP contribution in [0.1, 0.15) is 30.9 Å². The number of rotatable bonds is 8. The summed E-state index contributed by atoms with van der Waals surface area (Å²) in [5.74, 6) is 0. The highest BCUT2D eigenvalue weighted by Crippen LogP contribution is 2.17. The highest BCUT2D eigenvalue weighted by molar-refractivity contribution is 5.90. The number of benzene rings is 1. The SMILES string of the molecule is CCCCc1ccc(NC(=O)NCC(OC)OC)c(C)c1. The van der Waals surface area contributed by atoms with Crippen molar-refractivity contribution in [1.82, 2.24) is 5.32 Å². The molecule has 0 aromatic heterocycles. The molecule has 0 atom stereocenters. The minimum absolute atomic E-state index is 0.265. The molecular formula is C16H26N2O3. The van der Waals surface area contributed by atoms with Gasteiger partial charge in [-0.1, -0.05) is 25.5 Å². The highest BCUT2D eigenvalue weighted by atomic mass is 16.7. The first-order valence-electron chi connectivity index (χ1n) is 7.30. The van der Waals surface area contributed by atoms with Crippen LogP contribution in [0.3, 0.4) is 0 Å². The zero-order valence-corrected chi connectivity index (χ0v) is 13.4. The third kappa shape index (κ3) is 6.14. The minimum atomic E-state index is -0.437. The molecule has 0 unspecified atom stereocenters. The molecule has 2 amide bonds. The maximum Gasteiger partial charge on any atom is 0.319 e. The lowest BCUT2D eigenvalue weighted by molar-refractivity contribution is -0.0970. The van der Waals surface area contributed by atoms with Crippen molar-refractivity contribution in [2.45, 2.75) is 39.4 Å². The lowest BCUT2D eigenvalue weighted by Crippen LogP contribution is -2.36. The van der Waals surface area contributed by atoms with Gasteiger partial charge in [-0.05, 0) is 37.0 Å². The molecule has 2 N–H and O–H groups in total. The Morgan fingerprint density at radius 1 is 1.29 bits per heavy atom. The number of ether oxygens (including phenoxy) is 2. The van der Waals surface area contributed by atoms with Gasteiger partial charge in [-0.3, -0.25) is 0 Å². The molecule has 0 spiro atoms. The van der Waals surface area contributed by atoms with Crippen LogP contribution in [0, 0.1) is 6.92 Å². The van der Waals surface area contributed by atoms with Crippen LogP contribution in [-0.2, 0) is 15.9 Å². The fourth-order valence-electron chi connectivity index (χ4n) is 2.01. The van der Waals surface area contributed by atoms with E-state index in [1.54, 1.807) is 0 Å². The molecule has 5 heteroatoms. The first kappa shape index (κ1) is 17.5. The molecule has 0 bridgehead atoms. The van der Waals surface area contributed by atoms with Crippen molar-refractivity contribution in [3.8, 4) is 0 Å². The Bertz CT molecular complexity index is 445. The molecule has 21 heavy (non-hydrogen) atoms. The number of hydrogen-bond acceptors (Lipinski definition) is 3. The average molecular weight is 294 g/mol. The third-order valence-electron chi connectivity index (χ3n) is 3.31. The molecule has 5 nitrogen and oxygen atoms in total. The molecule has 0 aliphatic carbocycles. The van der Waals surface area contributed by atoms with Crippen molar-refractivity contribution in [2.24, 2.45) is 0 Å². The Kier molecular flexibility index (Phi) is 7.79. The smallest absolute Gasteiger partial charge is 0.319 e. The second kappa shape index (κ2) is 9.37. The van der Waals surface area contributed by atoms with Crippen molar-refractivity contribution < 1.29 is 14.3 Å². The van der Waals surface area contributed by atoms with E-state index in [4.69, 9.17) is 9.47 Å². The van der Waals surface area contributed by atoms with E-state index < -0.39 is 6.29 Å². The Morgan fingerprint density at radius 2 is 2.00 bits per heavy atom. The van der Waals surface area contributed by atoms with Gasteiger partial charge in [0.2, 0.25) is 0 Å². The largest absolute Gasteiger partial charge is 0.354 e. The molecule has 1 aromatic carbocycles. The van der Waals surface area contributed by atoms with Crippen LogP contribution in [0.4, 0.5) is 10.5 Å². The van der Waals surface area contributed by atoms with Gasteiger partial charge in [0.1, 0.15) is 0 Å². The number of carbonyl (C=O) groups is 1. The van der Waals surface area contributed by atoms with Gasteiger partial charge in [0, 0.05) is 19.9 Å². The van der Waals surface area contributed by atoms with Crippen LogP contribution in [0.15, 0.2) is 18.2 Å². The third-order valence-corrected chi connectivity index (χ3v) is 3.31. The van der Waals surface area contributed by atoms with Gasteiger partial charge in [0.25, 0.3) is 0 Å². The van der Waals surface area contributed by atoms with Crippen LogP contribution in [-0.4, -0.2) is 33.1 Å². The first-order chi connectivity index (χ1) is 10.1. The zero-order valence-electron chi connectivity index (χ0n) is 13.4. The predicted octanol–water partition coefficient (Wildman–Crippen LogP) is 3.08. The number of nitrogens with one attached hydrogen (secondary N) is 2. The number of hydrogen-bond donors (Lipinski definition) is 2. The van der Waals surface area contributed by atoms with E-state index in [2.05, 4.69) is 29.7 Å². The second-order valence-corrected chi connectivity index (χ2v) is 4.99. The summed E-state index contributed by atoms with van der Waals surface area (Å²) in [5.41, 5.74) is 3.19. The predicted molar refractivity (Wildman–Crippen MR) is 84.6 cm³/mol. The molecular weight excluding hydrogens is 268 g/mol. The topological polar surface area (TPSA) is 59.6 Å². The second-order valence-electron chi connectivity index (χ2n) is 4.99. The van der Waals surface area contributed by atoms with Gasteiger partial charge in [-0.2, -0.15) is 0 Å². The molecule has 0 aliphatic rings. The number of urea groups is 1. The summed E-state index contributed by atoms with van der Waals surface area (Å²) in [6, 6.07) is 5.87. The molecule has 1 rings (SSSR count). The van der Waals surface area contributed by atoms with Gasteiger partial charge in [0.15, 0.2) is 6.29 Å². The number of amides is 2. The number of aryl methyl sites for hydroxylation is 2. The summed E-state index contributed by atoms with van der Waals surface area (Å²) < 4.78 is 10.0. The van der Waals surface area contributed by atoms with Crippen molar-refractivity contribution in [3.63, 3.8) is 0 Å². The summed E-state index contributed by atoms with van der Waals surface area (Å²) in [7, 11) is 3.07. The number of unbranched alkanes of at least 4 members (excludes halogenated alkanes) is 1. The van der Waals surface area contributed by atoms with Gasteiger partial charge in [-0.15, -0.1) is 0 Å². The van der Waals surface area contributed by atoms with E-state index in [0.717, 1.165) is 17.7 Å². The highest BCUT2D eigenvalue weighted by Gasteiger charge is 2.09. The lowest BCUT2D eigenvalue weighted by atomic mass is 10.0. The van der Waals surface area contributed by atoms with Gasteiger partial charge in [-0.25, -0.2) is 4.79 Å². The van der Waals surface area contributed by atoms with Gasteiger partial charge < -0.3 is 20.1 Å². The lowest BCUT2D eigenvalue weighted by Gasteiger charge is -2.15. The van der Waals surface area contributed by atoms with Gasteiger partial charge >= 0.3 is 6.03 Å². The molecule has 0 fully saturated rings. The van der Waals surface area contributed by atoms with Crippen LogP contribution in [0.5, 0.6) is 0 Å². The monoisotopic (exact) mass is 294 g/mol. The van der Waals surface area contributed by atoms with Crippen LogP contribution in [0.25, 0.3) is 0 Å². The molecule has 0 saturated carbocycles. The van der Waals surface area contributed by atoms with E-state index in [0.29, 0.717) is 6.54 Å². The molecule has 0 aliphatic heterocycles. The van der Waals surface area contributed by atoms with E-state index in [1.807, 2.05) is 13.0 Å². The van der Waals surface area contributed by atoms with Crippen molar-refractivity contribution in [2.75, 3.05) is 26.1 Å². The summed E-state index contributed by atoms with van der Waals surface area (Å²) in [4.78, 5) is 11.8. The molecule has 1 aromatic rings. The van der Waals surface area contributed by atoms with Crippen LogP contribution < -0.4 is 10.6 Å². The first-order valence-corrected chi connectivity index (χ1v) is 7.30. The van der Waals surface area contributed by atoms with Crippen molar-refractivity contribution in [1.29, 1.82) is 0 Å². The average Bonchev–Trinajstić information content (AvgIpc) is 2.48.